The molecule has 0 aromatic rings. The lowest BCUT2D eigenvalue weighted by Gasteiger charge is -1.92. The van der Waals surface area contributed by atoms with Gasteiger partial charge in [-0.05, 0) is 19.8 Å². The third-order valence-electron chi connectivity index (χ3n) is 1.82. The number of likely N-dealkylation sites (N-methyl/N-ethyl adjacent to an activating group) is 1. The molecule has 0 atom stereocenters. The smallest absolute Gasteiger partial charge is 0.243 e. The predicted molar refractivity (Wildman–Crippen MR) is 61.1 cm³/mol. The highest BCUT2D eigenvalue weighted by molar-refractivity contribution is 5.87. The lowest BCUT2D eigenvalue weighted by Crippen LogP contribution is -2.19. The summed E-state index contributed by atoms with van der Waals surface area (Å²) in [6.07, 6.45) is 12.3. The van der Waals surface area contributed by atoms with Crippen LogP contribution in [0.25, 0.3) is 0 Å². The first-order valence-corrected chi connectivity index (χ1v) is 5.42. The second kappa shape index (κ2) is 10.0. The summed E-state index contributed by atoms with van der Waals surface area (Å²) in [4.78, 5) is 10.9. The number of rotatable bonds is 7. The zero-order chi connectivity index (χ0) is 10.6. The summed E-state index contributed by atoms with van der Waals surface area (Å²) in [6.45, 7) is 4.79. The molecular weight excluding hydrogens is 174 g/mol. The van der Waals surface area contributed by atoms with Crippen LogP contribution in [0.1, 0.15) is 39.5 Å². The van der Waals surface area contributed by atoms with Crippen molar-refractivity contribution in [3.05, 3.63) is 24.3 Å². The fourth-order valence-corrected chi connectivity index (χ4v) is 1.06. The van der Waals surface area contributed by atoms with Crippen molar-refractivity contribution in [2.75, 3.05) is 6.54 Å². The van der Waals surface area contributed by atoms with Crippen LogP contribution < -0.4 is 5.32 Å². The number of hydrogen-bond donors (Lipinski definition) is 1. The van der Waals surface area contributed by atoms with Gasteiger partial charge in [0.25, 0.3) is 0 Å². The van der Waals surface area contributed by atoms with Crippen LogP contribution in [0.5, 0.6) is 0 Å². The van der Waals surface area contributed by atoms with E-state index in [9.17, 15) is 4.79 Å². The Hall–Kier alpha value is -1.05. The third kappa shape index (κ3) is 9.04. The second-order valence-corrected chi connectivity index (χ2v) is 3.18. The molecule has 1 amide bonds. The van der Waals surface area contributed by atoms with Crippen LogP contribution in [-0.2, 0) is 4.79 Å². The molecule has 0 fully saturated rings. The highest BCUT2D eigenvalue weighted by atomic mass is 16.1. The maximum Gasteiger partial charge on any atom is 0.243 e. The fraction of sp³-hybridized carbons (Fsp3) is 0.583. The number of nitrogens with one attached hydrogen (secondary N) is 1. The number of amides is 1. The minimum Gasteiger partial charge on any atom is -0.353 e. The Morgan fingerprint density at radius 1 is 1.21 bits per heavy atom. The Labute approximate surface area is 87.1 Å². The van der Waals surface area contributed by atoms with Gasteiger partial charge in [0.15, 0.2) is 0 Å². The van der Waals surface area contributed by atoms with Crippen LogP contribution in [0, 0.1) is 0 Å². The highest BCUT2D eigenvalue weighted by Crippen LogP contribution is 1.99. The Kier molecular flexibility index (Phi) is 9.28. The van der Waals surface area contributed by atoms with E-state index in [2.05, 4.69) is 18.3 Å². The summed E-state index contributed by atoms with van der Waals surface area (Å²) in [6, 6.07) is 0. The zero-order valence-corrected chi connectivity index (χ0v) is 9.25. The topological polar surface area (TPSA) is 29.1 Å². The van der Waals surface area contributed by atoms with E-state index in [1.54, 1.807) is 12.2 Å². The van der Waals surface area contributed by atoms with Gasteiger partial charge in [0.1, 0.15) is 0 Å². The van der Waals surface area contributed by atoms with E-state index in [1.165, 1.54) is 19.3 Å². The molecule has 0 unspecified atom stereocenters. The van der Waals surface area contributed by atoms with Gasteiger partial charge < -0.3 is 5.32 Å². The Morgan fingerprint density at radius 2 is 2.00 bits per heavy atom. The number of carbonyl (C=O) groups is 1. The summed E-state index contributed by atoms with van der Waals surface area (Å²) >= 11 is 0. The van der Waals surface area contributed by atoms with Gasteiger partial charge in [-0.1, -0.05) is 38.0 Å². The van der Waals surface area contributed by atoms with Crippen molar-refractivity contribution in [3.8, 4) is 0 Å². The first-order chi connectivity index (χ1) is 6.81. The summed E-state index contributed by atoms with van der Waals surface area (Å²) in [5.74, 6) is -0.0225. The summed E-state index contributed by atoms with van der Waals surface area (Å²) in [5.41, 5.74) is 0. The van der Waals surface area contributed by atoms with E-state index in [4.69, 9.17) is 0 Å². The number of hydrogen-bond acceptors (Lipinski definition) is 1. The molecule has 0 rings (SSSR count). The van der Waals surface area contributed by atoms with E-state index in [0.29, 0.717) is 6.54 Å². The van der Waals surface area contributed by atoms with Crippen molar-refractivity contribution in [1.82, 2.24) is 5.32 Å². The van der Waals surface area contributed by atoms with Crippen molar-refractivity contribution in [1.29, 1.82) is 0 Å². The maximum absolute atomic E-state index is 10.9. The van der Waals surface area contributed by atoms with Gasteiger partial charge in [-0.15, -0.1) is 0 Å². The van der Waals surface area contributed by atoms with E-state index < -0.39 is 0 Å². The minimum absolute atomic E-state index is 0.0225. The molecule has 0 aliphatic heterocycles. The first-order valence-electron chi connectivity index (χ1n) is 5.42. The second-order valence-electron chi connectivity index (χ2n) is 3.18. The first kappa shape index (κ1) is 12.9. The molecule has 1 N–H and O–H groups in total. The lowest BCUT2D eigenvalue weighted by atomic mass is 10.2. The number of allylic oxidation sites excluding steroid dienone is 3. The molecule has 2 heteroatoms. The molecule has 0 saturated carbocycles. The third-order valence-corrected chi connectivity index (χ3v) is 1.82. The average Bonchev–Trinajstić information content (AvgIpc) is 2.17. The number of carbonyl (C=O) groups excluding carboxylic acids is 1. The molecule has 0 radical (unpaired) electrons. The summed E-state index contributed by atoms with van der Waals surface area (Å²) in [7, 11) is 0. The van der Waals surface area contributed by atoms with Gasteiger partial charge in [0.05, 0.1) is 0 Å². The molecule has 14 heavy (non-hydrogen) atoms. The SMILES string of the molecule is CCCCC/C=C/C=C/C(=O)NCC. The standard InChI is InChI=1S/C12H21NO/c1-3-5-6-7-8-9-10-11-12(14)13-4-2/h8-11H,3-7H2,1-2H3,(H,13,14)/b9-8+,11-10+. The molecule has 0 aromatic carbocycles. The van der Waals surface area contributed by atoms with Gasteiger partial charge in [-0.3, -0.25) is 4.79 Å². The van der Waals surface area contributed by atoms with Crippen molar-refractivity contribution >= 4 is 5.91 Å². The van der Waals surface area contributed by atoms with E-state index in [1.807, 2.05) is 13.0 Å². The van der Waals surface area contributed by atoms with Crippen molar-refractivity contribution in [2.45, 2.75) is 39.5 Å². The molecule has 0 heterocycles. The van der Waals surface area contributed by atoms with Gasteiger partial charge in [0.2, 0.25) is 5.91 Å². The zero-order valence-electron chi connectivity index (χ0n) is 9.25. The Morgan fingerprint density at radius 3 is 2.64 bits per heavy atom. The highest BCUT2D eigenvalue weighted by Gasteiger charge is 1.87. The normalized spacial score (nSPS) is 11.3. The lowest BCUT2D eigenvalue weighted by molar-refractivity contribution is -0.116. The Balaban J connectivity index is 3.45. The van der Waals surface area contributed by atoms with Crippen LogP contribution in [0.2, 0.25) is 0 Å². The van der Waals surface area contributed by atoms with Crippen LogP contribution in [-0.4, -0.2) is 12.5 Å². The predicted octanol–water partition coefficient (Wildman–Crippen LogP) is 2.82. The Bertz CT molecular complexity index is 194. The molecule has 0 spiro atoms. The number of unbranched alkanes of at least 4 members (excludes halogenated alkanes) is 3. The molecule has 0 saturated heterocycles. The molecule has 0 aromatic heterocycles. The van der Waals surface area contributed by atoms with E-state index >= 15 is 0 Å². The van der Waals surface area contributed by atoms with E-state index in [0.717, 1.165) is 6.42 Å². The minimum atomic E-state index is -0.0225. The molecule has 2 nitrogen and oxygen atoms in total. The maximum atomic E-state index is 10.9. The van der Waals surface area contributed by atoms with Gasteiger partial charge >= 0.3 is 0 Å². The largest absolute Gasteiger partial charge is 0.353 e. The van der Waals surface area contributed by atoms with Gasteiger partial charge in [-0.2, -0.15) is 0 Å². The molecule has 80 valence electrons. The van der Waals surface area contributed by atoms with Crippen LogP contribution in [0.15, 0.2) is 24.3 Å². The van der Waals surface area contributed by atoms with E-state index in [-0.39, 0.29) is 5.91 Å². The molecule has 0 bridgehead atoms. The monoisotopic (exact) mass is 195 g/mol. The van der Waals surface area contributed by atoms with Crippen LogP contribution in [0.4, 0.5) is 0 Å². The van der Waals surface area contributed by atoms with Gasteiger partial charge in [0, 0.05) is 12.6 Å². The summed E-state index contributed by atoms with van der Waals surface area (Å²) < 4.78 is 0. The molecular formula is C12H21NO. The molecule has 0 aliphatic rings. The van der Waals surface area contributed by atoms with Crippen molar-refractivity contribution in [2.24, 2.45) is 0 Å². The molecule has 0 aliphatic carbocycles. The fourth-order valence-electron chi connectivity index (χ4n) is 1.06. The average molecular weight is 195 g/mol. The quantitative estimate of drug-likeness (QED) is 0.378. The van der Waals surface area contributed by atoms with Crippen molar-refractivity contribution in [3.63, 3.8) is 0 Å². The van der Waals surface area contributed by atoms with Crippen LogP contribution >= 0.6 is 0 Å². The summed E-state index contributed by atoms with van der Waals surface area (Å²) in [5, 5.41) is 2.70. The van der Waals surface area contributed by atoms with Gasteiger partial charge in [-0.25, -0.2) is 0 Å². The van der Waals surface area contributed by atoms with Crippen LogP contribution in [0.3, 0.4) is 0 Å². The van der Waals surface area contributed by atoms with Crippen molar-refractivity contribution < 1.29 is 4.79 Å².